The van der Waals surface area contributed by atoms with Crippen LogP contribution in [0.3, 0.4) is 0 Å². The molecule has 2 aromatic rings. The molecule has 0 spiro atoms. The summed E-state index contributed by atoms with van der Waals surface area (Å²) in [6.45, 7) is 8.67. The summed E-state index contributed by atoms with van der Waals surface area (Å²) in [5.74, 6) is -2.60. The number of nitrogens with zero attached hydrogens (tertiary/aromatic N) is 1. The number of carbonyl (C=O) groups excluding carboxylic acids is 1. The maximum atomic E-state index is 12.5. The van der Waals surface area contributed by atoms with Crippen molar-refractivity contribution in [1.29, 1.82) is 0 Å². The summed E-state index contributed by atoms with van der Waals surface area (Å²) in [6.07, 6.45) is -5.40. The molecule has 0 saturated carbocycles. The highest BCUT2D eigenvalue weighted by Gasteiger charge is 2.34. The molecule has 4 unspecified atom stereocenters. The highest BCUT2D eigenvalue weighted by atomic mass is 16.6. The minimum Gasteiger partial charge on any atom is -0.490 e. The number of ether oxygens (including phenoxy) is 2. The lowest BCUT2D eigenvalue weighted by atomic mass is 10.00. The second kappa shape index (κ2) is 14.7. The number of aliphatic hydroxyl groups excluding tert-OH is 3. The van der Waals surface area contributed by atoms with E-state index < -0.39 is 36.4 Å². The van der Waals surface area contributed by atoms with E-state index in [1.54, 1.807) is 24.3 Å². The van der Waals surface area contributed by atoms with E-state index in [4.69, 9.17) is 14.6 Å². The summed E-state index contributed by atoms with van der Waals surface area (Å²) < 4.78 is 11.4. The van der Waals surface area contributed by atoms with Crippen LogP contribution in [0.25, 0.3) is 0 Å². The fraction of sp³-hybridized carbons (Fsp3) is 0.500. The van der Waals surface area contributed by atoms with Gasteiger partial charge in [0.05, 0.1) is 0 Å². The molecule has 37 heavy (non-hydrogen) atoms. The third-order valence-corrected chi connectivity index (χ3v) is 6.04. The average Bonchev–Trinajstić information content (AvgIpc) is 2.87. The Kier molecular flexibility index (Phi) is 12.0. The second-order valence-corrected chi connectivity index (χ2v) is 9.56. The van der Waals surface area contributed by atoms with Gasteiger partial charge in [0.15, 0.2) is 12.2 Å². The van der Waals surface area contributed by atoms with Crippen LogP contribution in [0.15, 0.2) is 54.6 Å². The fourth-order valence-electron chi connectivity index (χ4n) is 4.07. The van der Waals surface area contributed by atoms with Gasteiger partial charge >= 0.3 is 11.9 Å². The number of rotatable bonds is 15. The molecule has 0 aromatic heterocycles. The van der Waals surface area contributed by atoms with E-state index in [0.717, 1.165) is 5.56 Å². The number of hydrogen-bond donors (Lipinski definition) is 4. The molecule has 0 aliphatic heterocycles. The number of hydrogen-bond acceptors (Lipinski definition) is 8. The second-order valence-electron chi connectivity index (χ2n) is 9.56. The molecule has 0 bridgehead atoms. The molecule has 0 aliphatic rings. The third kappa shape index (κ3) is 9.44. The monoisotopic (exact) mass is 517 g/mol. The first-order chi connectivity index (χ1) is 17.5. The van der Waals surface area contributed by atoms with Gasteiger partial charge in [-0.2, -0.15) is 0 Å². The van der Waals surface area contributed by atoms with Gasteiger partial charge in [0.1, 0.15) is 24.6 Å². The summed E-state index contributed by atoms with van der Waals surface area (Å²) in [4.78, 5) is 25.7. The van der Waals surface area contributed by atoms with E-state index in [0.29, 0.717) is 30.7 Å². The van der Waals surface area contributed by atoms with Gasteiger partial charge in [0.25, 0.3) is 0 Å². The van der Waals surface area contributed by atoms with Crippen LogP contribution < -0.4 is 4.74 Å². The van der Waals surface area contributed by atoms with Crippen LogP contribution in [-0.2, 0) is 20.7 Å². The molecule has 0 saturated heterocycles. The topological polar surface area (TPSA) is 137 Å². The zero-order valence-corrected chi connectivity index (χ0v) is 21.9. The molecule has 2 rings (SSSR count). The van der Waals surface area contributed by atoms with Crippen LogP contribution in [0.1, 0.15) is 51.3 Å². The Labute approximate surface area is 218 Å². The highest BCUT2D eigenvalue weighted by molar-refractivity contribution is 5.84. The van der Waals surface area contributed by atoms with Gasteiger partial charge in [0.2, 0.25) is 0 Å². The van der Waals surface area contributed by atoms with Crippen LogP contribution in [-0.4, -0.2) is 80.8 Å². The fourth-order valence-corrected chi connectivity index (χ4v) is 4.07. The molecule has 2 aromatic carbocycles. The number of carboxylic acid groups (broad SMARTS) is 1. The number of esters is 1. The van der Waals surface area contributed by atoms with Crippen molar-refractivity contribution in [3.8, 4) is 5.75 Å². The number of benzene rings is 2. The minimum atomic E-state index is -2.31. The molecule has 204 valence electrons. The zero-order valence-electron chi connectivity index (χ0n) is 21.9. The summed E-state index contributed by atoms with van der Waals surface area (Å²) in [7, 11) is 0. The van der Waals surface area contributed by atoms with Crippen molar-refractivity contribution in [2.45, 2.75) is 77.0 Å². The molecule has 4 N–H and O–H groups in total. The van der Waals surface area contributed by atoms with Gasteiger partial charge in [-0.15, -0.1) is 0 Å². The first-order valence-electron chi connectivity index (χ1n) is 12.5. The summed E-state index contributed by atoms with van der Waals surface area (Å²) >= 11 is 0. The Morgan fingerprint density at radius 3 is 2.05 bits per heavy atom. The minimum absolute atomic E-state index is 0.00661. The van der Waals surface area contributed by atoms with Crippen molar-refractivity contribution in [2.75, 3.05) is 13.2 Å². The zero-order chi connectivity index (χ0) is 27.5. The van der Waals surface area contributed by atoms with Crippen molar-refractivity contribution in [1.82, 2.24) is 4.90 Å². The number of para-hydroxylation sites is 1. The summed E-state index contributed by atoms with van der Waals surface area (Å²) in [6, 6.07) is 16.9. The van der Waals surface area contributed by atoms with E-state index >= 15 is 0 Å². The van der Waals surface area contributed by atoms with Crippen molar-refractivity contribution in [3.05, 3.63) is 65.7 Å². The molecule has 0 fully saturated rings. The maximum absolute atomic E-state index is 12.5. The van der Waals surface area contributed by atoms with Crippen LogP contribution in [0.2, 0.25) is 0 Å². The smallest absolute Gasteiger partial charge is 0.338 e. The first-order valence-corrected chi connectivity index (χ1v) is 12.5. The molecule has 0 aliphatic carbocycles. The molecule has 4 atom stereocenters. The molecule has 0 amide bonds. The Balaban J connectivity index is 2.22. The molecular weight excluding hydrogens is 478 g/mol. The van der Waals surface area contributed by atoms with E-state index in [-0.39, 0.29) is 18.7 Å². The highest BCUT2D eigenvalue weighted by Crippen LogP contribution is 2.32. The SMILES string of the molecule is CC(C)N(CC(O)COc1ccccc1C(CCc1ccccc1)OC(=O)C(O)C(O)C(=O)O)C(C)C. The van der Waals surface area contributed by atoms with Gasteiger partial charge in [-0.1, -0.05) is 48.5 Å². The summed E-state index contributed by atoms with van der Waals surface area (Å²) in [5.41, 5.74) is 1.49. The summed E-state index contributed by atoms with van der Waals surface area (Å²) in [5, 5.41) is 39.1. The van der Waals surface area contributed by atoms with Gasteiger partial charge in [-0.25, -0.2) is 9.59 Å². The lowest BCUT2D eigenvalue weighted by molar-refractivity contribution is -0.174. The lowest BCUT2D eigenvalue weighted by Gasteiger charge is -2.32. The van der Waals surface area contributed by atoms with Crippen LogP contribution in [0.5, 0.6) is 5.75 Å². The Morgan fingerprint density at radius 2 is 1.46 bits per heavy atom. The molecular formula is C28H39NO8. The average molecular weight is 518 g/mol. The molecule has 9 nitrogen and oxygen atoms in total. The Morgan fingerprint density at radius 1 is 0.865 bits per heavy atom. The number of aliphatic hydroxyl groups is 3. The molecule has 0 radical (unpaired) electrons. The predicted octanol–water partition coefficient (Wildman–Crippen LogP) is 2.57. The quantitative estimate of drug-likeness (QED) is 0.263. The van der Waals surface area contributed by atoms with Crippen LogP contribution in [0.4, 0.5) is 0 Å². The van der Waals surface area contributed by atoms with Gasteiger partial charge in [-0.3, -0.25) is 4.90 Å². The van der Waals surface area contributed by atoms with Crippen molar-refractivity contribution >= 4 is 11.9 Å². The van der Waals surface area contributed by atoms with Crippen LogP contribution in [0, 0.1) is 0 Å². The number of carbonyl (C=O) groups is 2. The van der Waals surface area contributed by atoms with Crippen LogP contribution >= 0.6 is 0 Å². The molecule has 0 heterocycles. The van der Waals surface area contributed by atoms with Gasteiger partial charge in [-0.05, 0) is 52.2 Å². The third-order valence-electron chi connectivity index (χ3n) is 6.04. The van der Waals surface area contributed by atoms with Crippen molar-refractivity contribution < 1.29 is 39.5 Å². The van der Waals surface area contributed by atoms with E-state index in [2.05, 4.69) is 32.6 Å². The number of aryl methyl sites for hydroxylation is 1. The van der Waals surface area contributed by atoms with Gasteiger partial charge < -0.3 is 29.9 Å². The van der Waals surface area contributed by atoms with E-state index in [1.807, 2.05) is 30.3 Å². The maximum Gasteiger partial charge on any atom is 0.338 e. The lowest BCUT2D eigenvalue weighted by Crippen LogP contribution is -2.43. The van der Waals surface area contributed by atoms with Crippen molar-refractivity contribution in [2.24, 2.45) is 0 Å². The molecule has 9 heteroatoms. The standard InChI is InChI=1S/C28H39NO8/c1-18(2)29(19(3)4)16-21(30)17-36-23-13-9-8-12-22(23)24(15-14-20-10-6-5-7-11-20)37-28(35)26(32)25(31)27(33)34/h5-13,18-19,21,24-26,30-32H,14-17H2,1-4H3,(H,33,34). The number of aliphatic carboxylic acids is 1. The Bertz CT molecular complexity index is 973. The van der Waals surface area contributed by atoms with Crippen molar-refractivity contribution in [3.63, 3.8) is 0 Å². The normalized spacial score (nSPS) is 14.9. The number of carboxylic acids is 1. The van der Waals surface area contributed by atoms with E-state index in [1.165, 1.54) is 0 Å². The first kappa shape index (κ1) is 30.2. The predicted molar refractivity (Wildman–Crippen MR) is 138 cm³/mol. The van der Waals surface area contributed by atoms with Gasteiger partial charge in [0, 0.05) is 24.2 Å². The Hall–Kier alpha value is -2.98. The largest absolute Gasteiger partial charge is 0.490 e. The van der Waals surface area contributed by atoms with E-state index in [9.17, 15) is 24.9 Å².